The van der Waals surface area contributed by atoms with Crippen LogP contribution in [0.1, 0.15) is 22.7 Å². The van der Waals surface area contributed by atoms with Crippen LogP contribution in [0.4, 0.5) is 0 Å². The lowest BCUT2D eigenvalue weighted by molar-refractivity contribution is 0.561. The van der Waals surface area contributed by atoms with Crippen molar-refractivity contribution in [3.8, 4) is 6.07 Å². The molecule has 0 bridgehead atoms. The van der Waals surface area contributed by atoms with Gasteiger partial charge < -0.3 is 0 Å². The van der Waals surface area contributed by atoms with Crippen molar-refractivity contribution >= 4 is 6.08 Å². The predicted octanol–water partition coefficient (Wildman–Crippen LogP) is 2.20. The quantitative estimate of drug-likeness (QED) is 0.525. The van der Waals surface area contributed by atoms with Crippen molar-refractivity contribution in [3.05, 3.63) is 34.9 Å². The first-order chi connectivity index (χ1) is 6.67. The molecule has 1 aromatic rings. The number of hydrogen-bond donors (Lipinski definition) is 0. The maximum Gasteiger partial charge on any atom is 0.236 e. The van der Waals surface area contributed by atoms with E-state index in [2.05, 4.69) is 4.99 Å². The van der Waals surface area contributed by atoms with Gasteiger partial charge in [-0.1, -0.05) is 29.3 Å². The van der Waals surface area contributed by atoms with E-state index in [1.165, 1.54) is 6.08 Å². The van der Waals surface area contributed by atoms with Gasteiger partial charge in [-0.3, -0.25) is 0 Å². The average Bonchev–Trinajstić information content (AvgIpc) is 2.12. The van der Waals surface area contributed by atoms with E-state index in [4.69, 9.17) is 5.26 Å². The molecule has 0 aliphatic rings. The first-order valence-electron chi connectivity index (χ1n) is 4.22. The molecule has 1 atom stereocenters. The minimum Gasteiger partial charge on any atom is -0.211 e. The Balaban J connectivity index is 3.17. The van der Waals surface area contributed by atoms with Crippen LogP contribution in [0.2, 0.25) is 0 Å². The summed E-state index contributed by atoms with van der Waals surface area (Å²) < 4.78 is 0. The summed E-state index contributed by atoms with van der Waals surface area (Å²) in [6, 6.07) is 6.91. The summed E-state index contributed by atoms with van der Waals surface area (Å²) in [6.07, 6.45) is 1.41. The zero-order valence-corrected chi connectivity index (χ0v) is 8.11. The monoisotopic (exact) mass is 186 g/mol. The van der Waals surface area contributed by atoms with Gasteiger partial charge in [-0.15, -0.1) is 0 Å². The Morgan fingerprint density at radius 1 is 1.29 bits per heavy atom. The summed E-state index contributed by atoms with van der Waals surface area (Å²) in [7, 11) is 0. The second-order valence-corrected chi connectivity index (χ2v) is 3.17. The highest BCUT2D eigenvalue weighted by atomic mass is 16.1. The maximum atomic E-state index is 10.1. The fourth-order valence-corrected chi connectivity index (χ4v) is 1.40. The number of rotatable bonds is 2. The van der Waals surface area contributed by atoms with Crippen molar-refractivity contribution in [2.24, 2.45) is 4.99 Å². The van der Waals surface area contributed by atoms with E-state index in [0.29, 0.717) is 0 Å². The molecule has 0 spiro atoms. The number of hydrogen-bond acceptors (Lipinski definition) is 3. The number of isocyanates is 1. The fourth-order valence-electron chi connectivity index (χ4n) is 1.40. The molecule has 1 aromatic carbocycles. The average molecular weight is 186 g/mol. The molecule has 0 saturated carbocycles. The third-order valence-electron chi connectivity index (χ3n) is 1.86. The first-order valence-corrected chi connectivity index (χ1v) is 4.22. The molecule has 14 heavy (non-hydrogen) atoms. The zero-order valence-electron chi connectivity index (χ0n) is 8.11. The number of carbonyl (C=O) groups excluding carboxylic acids is 1. The molecule has 1 unspecified atom stereocenters. The highest BCUT2D eigenvalue weighted by Crippen LogP contribution is 2.18. The molecule has 0 aliphatic carbocycles. The zero-order chi connectivity index (χ0) is 10.6. The van der Waals surface area contributed by atoms with Crippen LogP contribution in [-0.4, -0.2) is 6.08 Å². The van der Waals surface area contributed by atoms with Crippen LogP contribution >= 0.6 is 0 Å². The molecular weight excluding hydrogens is 176 g/mol. The molecule has 0 heterocycles. The second-order valence-electron chi connectivity index (χ2n) is 3.17. The van der Waals surface area contributed by atoms with Crippen LogP contribution in [0, 0.1) is 25.2 Å². The number of nitriles is 1. The first kappa shape index (κ1) is 10.2. The van der Waals surface area contributed by atoms with Gasteiger partial charge in [-0.2, -0.15) is 10.3 Å². The molecule has 0 N–H and O–H groups in total. The number of aliphatic imine (C=N–C) groups is 1. The topological polar surface area (TPSA) is 53.2 Å². The standard InChI is InChI=1S/C11H10N2O/c1-8-3-9(2)5-10(4-8)11(6-12)13-7-14/h3-5,11H,1-2H3. The van der Waals surface area contributed by atoms with Gasteiger partial charge in [0.15, 0.2) is 6.04 Å². The van der Waals surface area contributed by atoms with E-state index in [0.717, 1.165) is 16.7 Å². The van der Waals surface area contributed by atoms with Crippen LogP contribution in [0.25, 0.3) is 0 Å². The summed E-state index contributed by atoms with van der Waals surface area (Å²) in [5.41, 5.74) is 2.86. The Morgan fingerprint density at radius 3 is 2.29 bits per heavy atom. The molecular formula is C11H10N2O. The molecule has 1 rings (SSSR count). The Labute approximate surface area is 82.7 Å². The second kappa shape index (κ2) is 4.36. The van der Waals surface area contributed by atoms with Gasteiger partial charge in [0.2, 0.25) is 6.08 Å². The van der Waals surface area contributed by atoms with Crippen LogP contribution in [-0.2, 0) is 4.79 Å². The van der Waals surface area contributed by atoms with Crippen molar-refractivity contribution in [3.63, 3.8) is 0 Å². The van der Waals surface area contributed by atoms with Crippen LogP contribution in [0.3, 0.4) is 0 Å². The minimum absolute atomic E-state index is 0.730. The highest BCUT2D eigenvalue weighted by Gasteiger charge is 2.08. The summed E-state index contributed by atoms with van der Waals surface area (Å²) in [4.78, 5) is 13.5. The predicted molar refractivity (Wildman–Crippen MR) is 52.4 cm³/mol. The van der Waals surface area contributed by atoms with E-state index in [9.17, 15) is 4.79 Å². The number of benzene rings is 1. The molecule has 0 aliphatic heterocycles. The summed E-state index contributed by atoms with van der Waals surface area (Å²) in [5.74, 6) is 0. The van der Waals surface area contributed by atoms with E-state index in [1.54, 1.807) is 0 Å². The van der Waals surface area contributed by atoms with E-state index in [1.807, 2.05) is 38.1 Å². The highest BCUT2D eigenvalue weighted by molar-refractivity contribution is 5.39. The molecule has 0 amide bonds. The van der Waals surface area contributed by atoms with Crippen LogP contribution < -0.4 is 0 Å². The molecule has 0 radical (unpaired) electrons. The van der Waals surface area contributed by atoms with Crippen molar-refractivity contribution in [2.45, 2.75) is 19.9 Å². The van der Waals surface area contributed by atoms with Gasteiger partial charge >= 0.3 is 0 Å². The van der Waals surface area contributed by atoms with E-state index in [-0.39, 0.29) is 0 Å². The molecule has 0 fully saturated rings. The van der Waals surface area contributed by atoms with Gasteiger partial charge in [-0.25, -0.2) is 4.79 Å². The SMILES string of the molecule is Cc1cc(C)cc(C(C#N)N=C=O)c1. The van der Waals surface area contributed by atoms with Crippen molar-refractivity contribution in [1.29, 1.82) is 5.26 Å². The molecule has 0 saturated heterocycles. The summed E-state index contributed by atoms with van der Waals surface area (Å²) in [5, 5.41) is 8.77. The molecule has 3 heteroatoms. The molecule has 0 aromatic heterocycles. The third kappa shape index (κ3) is 2.29. The van der Waals surface area contributed by atoms with Gasteiger partial charge in [0.1, 0.15) is 0 Å². The molecule has 3 nitrogen and oxygen atoms in total. The Hall–Kier alpha value is -1.91. The van der Waals surface area contributed by atoms with E-state index < -0.39 is 6.04 Å². The van der Waals surface area contributed by atoms with Gasteiger partial charge in [-0.05, 0) is 19.4 Å². The number of aryl methyl sites for hydroxylation is 2. The van der Waals surface area contributed by atoms with Crippen molar-refractivity contribution < 1.29 is 4.79 Å². The lowest BCUT2D eigenvalue weighted by Gasteiger charge is -2.05. The Morgan fingerprint density at radius 2 is 1.86 bits per heavy atom. The third-order valence-corrected chi connectivity index (χ3v) is 1.86. The number of nitrogens with zero attached hydrogens (tertiary/aromatic N) is 2. The minimum atomic E-state index is -0.730. The Kier molecular flexibility index (Phi) is 3.17. The van der Waals surface area contributed by atoms with Gasteiger partial charge in [0.05, 0.1) is 6.07 Å². The van der Waals surface area contributed by atoms with Gasteiger partial charge in [0, 0.05) is 0 Å². The maximum absolute atomic E-state index is 10.1. The van der Waals surface area contributed by atoms with Crippen molar-refractivity contribution in [2.75, 3.05) is 0 Å². The smallest absolute Gasteiger partial charge is 0.211 e. The lowest BCUT2D eigenvalue weighted by atomic mass is 10.0. The summed E-state index contributed by atoms with van der Waals surface area (Å²) >= 11 is 0. The molecule has 70 valence electrons. The summed E-state index contributed by atoms with van der Waals surface area (Å²) in [6.45, 7) is 3.88. The van der Waals surface area contributed by atoms with E-state index >= 15 is 0 Å². The van der Waals surface area contributed by atoms with Crippen LogP contribution in [0.15, 0.2) is 23.2 Å². The Bertz CT molecular complexity index is 405. The van der Waals surface area contributed by atoms with Crippen LogP contribution in [0.5, 0.6) is 0 Å². The van der Waals surface area contributed by atoms with Gasteiger partial charge in [0.25, 0.3) is 0 Å². The fraction of sp³-hybridized carbons (Fsp3) is 0.273. The van der Waals surface area contributed by atoms with Crippen molar-refractivity contribution in [1.82, 2.24) is 0 Å². The normalized spacial score (nSPS) is 11.2. The lowest BCUT2D eigenvalue weighted by Crippen LogP contribution is -1.93. The largest absolute Gasteiger partial charge is 0.236 e.